The molecule has 184 valence electrons. The van der Waals surface area contributed by atoms with Crippen molar-refractivity contribution in [3.63, 3.8) is 0 Å². The molecule has 0 saturated carbocycles. The third-order valence-corrected chi connectivity index (χ3v) is 6.11. The minimum atomic E-state index is -4.33. The highest BCUT2D eigenvalue weighted by molar-refractivity contribution is 5.98. The molecule has 4 N–H and O–H groups in total. The third-order valence-electron chi connectivity index (χ3n) is 6.11. The Hall–Kier alpha value is -3.64. The summed E-state index contributed by atoms with van der Waals surface area (Å²) in [6.45, 7) is 1.11. The summed E-state index contributed by atoms with van der Waals surface area (Å²) in [5.74, 6) is 5.51. The Labute approximate surface area is 202 Å². The fourth-order valence-corrected chi connectivity index (χ4v) is 4.33. The summed E-state index contributed by atoms with van der Waals surface area (Å²) in [6.07, 6.45) is -0.939. The third kappa shape index (κ3) is 6.28. The predicted molar refractivity (Wildman–Crippen MR) is 132 cm³/mol. The molecule has 35 heavy (non-hydrogen) atoms. The molecule has 1 aliphatic heterocycles. The molecule has 1 fully saturated rings. The number of anilines is 2. The van der Waals surface area contributed by atoms with Crippen LogP contribution in [0.4, 0.5) is 24.5 Å². The van der Waals surface area contributed by atoms with Gasteiger partial charge in [0.25, 0.3) is 5.91 Å². The van der Waals surface area contributed by atoms with Crippen molar-refractivity contribution in [3.05, 3.63) is 59.8 Å². The first kappa shape index (κ1) is 24.5. The largest absolute Gasteiger partial charge is 0.406 e. The van der Waals surface area contributed by atoms with Crippen LogP contribution < -0.4 is 16.4 Å². The van der Waals surface area contributed by atoms with E-state index in [0.717, 1.165) is 37.0 Å². The lowest BCUT2D eigenvalue weighted by Gasteiger charge is -2.30. The van der Waals surface area contributed by atoms with Crippen molar-refractivity contribution in [2.24, 2.45) is 5.73 Å². The summed E-state index contributed by atoms with van der Waals surface area (Å²) in [5, 5.41) is 7.36. The molecule has 3 aromatic rings. The van der Waals surface area contributed by atoms with Gasteiger partial charge in [-0.2, -0.15) is 13.2 Å². The van der Waals surface area contributed by atoms with E-state index < -0.39 is 18.6 Å². The first-order valence-electron chi connectivity index (χ1n) is 11.5. The van der Waals surface area contributed by atoms with Gasteiger partial charge in [0.05, 0.1) is 17.6 Å². The van der Waals surface area contributed by atoms with Crippen LogP contribution in [0.5, 0.6) is 0 Å². The van der Waals surface area contributed by atoms with Crippen molar-refractivity contribution >= 4 is 28.2 Å². The zero-order chi connectivity index (χ0) is 25.0. The number of hydrogen-bond acceptors (Lipinski definition) is 4. The summed E-state index contributed by atoms with van der Waals surface area (Å²) in [7, 11) is 2.08. The summed E-state index contributed by atoms with van der Waals surface area (Å²) < 4.78 is 40.6. The minimum Gasteiger partial charge on any atom is -0.382 e. The van der Waals surface area contributed by atoms with Gasteiger partial charge in [-0.05, 0) is 63.3 Å². The number of carbonyl (C=O) groups is 1. The number of primary amides is 1. The Morgan fingerprint density at radius 2 is 1.89 bits per heavy atom. The molecule has 1 aliphatic rings. The lowest BCUT2D eigenvalue weighted by molar-refractivity contribution is -0.139. The molecule has 0 unspecified atom stereocenters. The normalized spacial score (nSPS) is 15.0. The molecule has 1 amide bonds. The molecule has 2 heterocycles. The van der Waals surface area contributed by atoms with Gasteiger partial charge in [0.2, 0.25) is 0 Å². The van der Waals surface area contributed by atoms with E-state index in [-0.39, 0.29) is 12.6 Å². The molecular formula is C26H28F3N5O. The highest BCUT2D eigenvalue weighted by atomic mass is 19.4. The van der Waals surface area contributed by atoms with Crippen LogP contribution >= 0.6 is 0 Å². The van der Waals surface area contributed by atoms with E-state index in [4.69, 9.17) is 5.73 Å². The molecule has 0 atom stereocenters. The second kappa shape index (κ2) is 10.3. The Bertz CT molecular complexity index is 1260. The van der Waals surface area contributed by atoms with E-state index in [2.05, 4.69) is 34.4 Å². The van der Waals surface area contributed by atoms with Crippen LogP contribution in [-0.2, 0) is 6.54 Å². The number of nitrogens with one attached hydrogen (secondary N) is 2. The monoisotopic (exact) mass is 483 g/mol. The van der Waals surface area contributed by atoms with Gasteiger partial charge in [0.15, 0.2) is 0 Å². The number of aromatic nitrogens is 1. The van der Waals surface area contributed by atoms with Crippen LogP contribution in [-0.4, -0.2) is 54.3 Å². The van der Waals surface area contributed by atoms with Crippen molar-refractivity contribution in [1.29, 1.82) is 0 Å². The first-order valence-corrected chi connectivity index (χ1v) is 11.5. The van der Waals surface area contributed by atoms with E-state index in [1.807, 2.05) is 6.07 Å². The summed E-state index contributed by atoms with van der Waals surface area (Å²) in [4.78, 5) is 13.8. The maximum Gasteiger partial charge on any atom is 0.406 e. The summed E-state index contributed by atoms with van der Waals surface area (Å²) in [5.41, 5.74) is 8.23. The Morgan fingerprint density at radius 1 is 1.14 bits per heavy atom. The predicted octanol–water partition coefficient (Wildman–Crippen LogP) is 4.27. The van der Waals surface area contributed by atoms with Crippen molar-refractivity contribution in [2.75, 3.05) is 37.3 Å². The number of nitrogens with two attached hydrogens (primary N) is 1. The number of para-hydroxylation sites is 1. The van der Waals surface area contributed by atoms with Crippen molar-refractivity contribution in [2.45, 2.75) is 31.6 Å². The lowest BCUT2D eigenvalue weighted by atomic mass is 10.0. The second-order valence-corrected chi connectivity index (χ2v) is 8.80. The number of halogens is 3. The molecule has 9 heteroatoms. The number of nitrogens with zero attached hydrogens (tertiary/aromatic N) is 2. The molecule has 1 saturated heterocycles. The number of piperidine rings is 1. The van der Waals surface area contributed by atoms with Gasteiger partial charge in [-0.25, -0.2) is 0 Å². The Kier molecular flexibility index (Phi) is 7.22. The van der Waals surface area contributed by atoms with Gasteiger partial charge in [-0.1, -0.05) is 24.0 Å². The van der Waals surface area contributed by atoms with E-state index in [0.29, 0.717) is 22.3 Å². The number of benzene rings is 2. The van der Waals surface area contributed by atoms with E-state index >= 15 is 0 Å². The summed E-state index contributed by atoms with van der Waals surface area (Å²) >= 11 is 0. The van der Waals surface area contributed by atoms with Crippen LogP contribution in [0.1, 0.15) is 28.8 Å². The lowest BCUT2D eigenvalue weighted by Crippen LogP contribution is -2.36. The smallest absolute Gasteiger partial charge is 0.382 e. The zero-order valence-corrected chi connectivity index (χ0v) is 19.5. The van der Waals surface area contributed by atoms with Crippen LogP contribution in [0, 0.1) is 11.8 Å². The number of likely N-dealkylation sites (tertiary alicyclic amines) is 1. The van der Waals surface area contributed by atoms with Gasteiger partial charge < -0.3 is 25.8 Å². The quantitative estimate of drug-likeness (QED) is 0.458. The summed E-state index contributed by atoms with van der Waals surface area (Å²) in [6, 6.07) is 12.4. The molecule has 4 rings (SSSR count). The van der Waals surface area contributed by atoms with Crippen LogP contribution in [0.15, 0.2) is 48.7 Å². The molecule has 0 aliphatic carbocycles. The fraction of sp³-hybridized carbons (Fsp3) is 0.346. The second-order valence-electron chi connectivity index (χ2n) is 8.80. The van der Waals surface area contributed by atoms with Gasteiger partial charge in [0, 0.05) is 34.6 Å². The number of amides is 1. The van der Waals surface area contributed by atoms with Crippen LogP contribution in [0.2, 0.25) is 0 Å². The van der Waals surface area contributed by atoms with E-state index in [1.165, 1.54) is 10.8 Å². The minimum absolute atomic E-state index is 0.240. The highest BCUT2D eigenvalue weighted by Gasteiger charge is 2.28. The van der Waals surface area contributed by atoms with Crippen LogP contribution in [0.25, 0.3) is 10.9 Å². The zero-order valence-electron chi connectivity index (χ0n) is 19.5. The average Bonchev–Trinajstić information content (AvgIpc) is 3.19. The fourth-order valence-electron chi connectivity index (χ4n) is 4.33. The number of fused-ring (bicyclic) bond motifs is 1. The van der Waals surface area contributed by atoms with E-state index in [1.54, 1.807) is 36.4 Å². The number of carbonyl (C=O) groups excluding carboxylic acids is 1. The van der Waals surface area contributed by atoms with Gasteiger partial charge in [0.1, 0.15) is 6.54 Å². The van der Waals surface area contributed by atoms with Crippen molar-refractivity contribution in [3.8, 4) is 11.8 Å². The molecule has 1 aromatic heterocycles. The molecular weight excluding hydrogens is 455 g/mol. The van der Waals surface area contributed by atoms with E-state index in [9.17, 15) is 18.0 Å². The van der Waals surface area contributed by atoms with Gasteiger partial charge in [-0.15, -0.1) is 0 Å². The number of alkyl halides is 3. The van der Waals surface area contributed by atoms with Crippen molar-refractivity contribution < 1.29 is 18.0 Å². The average molecular weight is 484 g/mol. The number of hydrogen-bond donors (Lipinski definition) is 3. The Morgan fingerprint density at radius 3 is 2.60 bits per heavy atom. The van der Waals surface area contributed by atoms with Gasteiger partial charge in [-0.3, -0.25) is 4.79 Å². The number of rotatable bonds is 6. The highest BCUT2D eigenvalue weighted by Crippen LogP contribution is 2.30. The topological polar surface area (TPSA) is 75.3 Å². The maximum atomic E-state index is 13.1. The van der Waals surface area contributed by atoms with Crippen LogP contribution in [0.3, 0.4) is 0 Å². The van der Waals surface area contributed by atoms with Gasteiger partial charge >= 0.3 is 6.18 Å². The molecule has 0 spiro atoms. The SMILES string of the molecule is CN1CCC(Nc2cc(C#CCNc3ccccc3C(N)=O)cc3c2ccn3CC(F)(F)F)CC1. The molecule has 0 bridgehead atoms. The maximum absolute atomic E-state index is 13.1. The molecule has 2 aromatic carbocycles. The standard InChI is InChI=1S/C26H28F3N5O/c1-33-12-8-19(9-13-33)32-23-15-18(16-24-20(23)10-14-34(24)17-26(27,28)29)5-4-11-31-22-7-3-2-6-21(22)25(30)35/h2-3,6-7,10,14-16,19,31-32H,8-9,11-13,17H2,1H3,(H2,30,35). The first-order chi connectivity index (χ1) is 16.7. The van der Waals surface area contributed by atoms with Crippen molar-refractivity contribution in [1.82, 2.24) is 9.47 Å². The molecule has 6 nitrogen and oxygen atoms in total. The Balaban J connectivity index is 1.60. The molecule has 0 radical (unpaired) electrons.